The van der Waals surface area contributed by atoms with Crippen LogP contribution in [0.15, 0.2) is 24.3 Å². The first-order chi connectivity index (χ1) is 14.8. The molecule has 0 bridgehead atoms. The number of fused-ring (bicyclic) bond motifs is 1. The van der Waals surface area contributed by atoms with Crippen LogP contribution in [0.5, 0.6) is 0 Å². The molecule has 1 aromatic carbocycles. The van der Waals surface area contributed by atoms with E-state index in [-0.39, 0.29) is 42.3 Å². The standard InChI is InChI=1S/C23H27ClN4O3/c1-13(2)7-16(23(31)27-18(12-25)9-14-5-6-26-22(14)30)11-21(29)20-10-15-8-17(24)3-4-19(15)28-20/h3-4,8,10,13-14,16,18,28H,5-7,9,11H2,1-2H3,(H,26,30)(H,27,31)/t14-,16+,18-/m0/s1. The van der Waals surface area contributed by atoms with Gasteiger partial charge in [0.05, 0.1) is 11.8 Å². The molecule has 1 fully saturated rings. The zero-order valence-corrected chi connectivity index (χ0v) is 18.5. The maximum atomic E-state index is 12.9. The average molecular weight is 443 g/mol. The molecule has 1 aliphatic rings. The summed E-state index contributed by atoms with van der Waals surface area (Å²) in [7, 11) is 0. The monoisotopic (exact) mass is 442 g/mol. The zero-order chi connectivity index (χ0) is 22.5. The van der Waals surface area contributed by atoms with E-state index in [2.05, 4.69) is 21.7 Å². The van der Waals surface area contributed by atoms with Gasteiger partial charge in [-0.25, -0.2) is 0 Å². The number of hydrogen-bond acceptors (Lipinski definition) is 4. The van der Waals surface area contributed by atoms with E-state index < -0.39 is 12.0 Å². The molecule has 1 aromatic heterocycles. The molecule has 2 aromatic rings. The maximum absolute atomic E-state index is 12.9. The number of amides is 2. The van der Waals surface area contributed by atoms with E-state index in [0.717, 1.165) is 10.9 Å². The van der Waals surface area contributed by atoms with Crippen LogP contribution in [0.2, 0.25) is 5.02 Å². The molecule has 0 saturated carbocycles. The van der Waals surface area contributed by atoms with Crippen molar-refractivity contribution in [3.05, 3.63) is 35.0 Å². The van der Waals surface area contributed by atoms with Crippen molar-refractivity contribution in [2.75, 3.05) is 6.54 Å². The van der Waals surface area contributed by atoms with Crippen LogP contribution in [-0.2, 0) is 9.59 Å². The number of aromatic nitrogens is 1. The molecule has 3 atom stereocenters. The maximum Gasteiger partial charge on any atom is 0.224 e. The van der Waals surface area contributed by atoms with Crippen molar-refractivity contribution in [1.82, 2.24) is 15.6 Å². The summed E-state index contributed by atoms with van der Waals surface area (Å²) in [5, 5.41) is 16.4. The summed E-state index contributed by atoms with van der Waals surface area (Å²) in [6, 6.07) is 8.39. The fraction of sp³-hybridized carbons (Fsp3) is 0.478. The van der Waals surface area contributed by atoms with Gasteiger partial charge in [-0.05, 0) is 49.4 Å². The molecule has 0 radical (unpaired) electrons. The van der Waals surface area contributed by atoms with Gasteiger partial charge in [-0.2, -0.15) is 5.26 Å². The minimum absolute atomic E-state index is 0.0344. The highest BCUT2D eigenvalue weighted by Crippen LogP contribution is 2.24. The van der Waals surface area contributed by atoms with Gasteiger partial charge in [0.2, 0.25) is 11.8 Å². The van der Waals surface area contributed by atoms with Crippen LogP contribution in [0.3, 0.4) is 0 Å². The largest absolute Gasteiger partial charge is 0.356 e. The predicted octanol–water partition coefficient (Wildman–Crippen LogP) is 3.59. The number of halogens is 1. The third kappa shape index (κ3) is 5.86. The number of hydrogen-bond donors (Lipinski definition) is 3. The second-order valence-corrected chi connectivity index (χ2v) is 9.01. The number of aromatic amines is 1. The minimum Gasteiger partial charge on any atom is -0.356 e. The molecule has 2 amide bonds. The lowest BCUT2D eigenvalue weighted by atomic mass is 9.90. The molecular formula is C23H27ClN4O3. The van der Waals surface area contributed by atoms with E-state index in [1.54, 1.807) is 18.2 Å². The number of nitrogens with zero attached hydrogens (tertiary/aromatic N) is 1. The van der Waals surface area contributed by atoms with Gasteiger partial charge in [0.15, 0.2) is 5.78 Å². The van der Waals surface area contributed by atoms with Crippen molar-refractivity contribution in [2.24, 2.45) is 17.8 Å². The second-order valence-electron chi connectivity index (χ2n) is 8.57. The second kappa shape index (κ2) is 9.97. The summed E-state index contributed by atoms with van der Waals surface area (Å²) in [6.45, 7) is 4.57. The van der Waals surface area contributed by atoms with Gasteiger partial charge in [-0.15, -0.1) is 0 Å². The first-order valence-corrected chi connectivity index (χ1v) is 10.9. The van der Waals surface area contributed by atoms with Gasteiger partial charge in [0, 0.05) is 40.7 Å². The number of nitrogens with one attached hydrogen (secondary N) is 3. The van der Waals surface area contributed by atoms with Gasteiger partial charge in [-0.1, -0.05) is 25.4 Å². The highest BCUT2D eigenvalue weighted by Gasteiger charge is 2.30. The van der Waals surface area contributed by atoms with Gasteiger partial charge in [-0.3, -0.25) is 14.4 Å². The Morgan fingerprint density at radius 1 is 1.32 bits per heavy atom. The SMILES string of the molecule is CC(C)C[C@H](CC(=O)c1cc2cc(Cl)ccc2[nH]1)C(=O)N[C@H](C#N)C[C@@H]1CCNC1=O. The normalized spacial score (nSPS) is 17.9. The molecule has 3 N–H and O–H groups in total. The van der Waals surface area contributed by atoms with Crippen LogP contribution >= 0.6 is 11.6 Å². The van der Waals surface area contributed by atoms with Crippen LogP contribution in [0.4, 0.5) is 0 Å². The van der Waals surface area contributed by atoms with E-state index in [4.69, 9.17) is 11.6 Å². The molecule has 7 nitrogen and oxygen atoms in total. The number of ketones is 1. The van der Waals surface area contributed by atoms with E-state index in [1.807, 2.05) is 19.9 Å². The summed E-state index contributed by atoms with van der Waals surface area (Å²) in [5.74, 6) is -1.21. The van der Waals surface area contributed by atoms with Gasteiger partial charge in [0.1, 0.15) is 6.04 Å². The molecule has 164 valence electrons. The Labute approximate surface area is 186 Å². The Hall–Kier alpha value is -2.85. The van der Waals surface area contributed by atoms with Crippen LogP contribution in [0, 0.1) is 29.1 Å². The smallest absolute Gasteiger partial charge is 0.224 e. The predicted molar refractivity (Wildman–Crippen MR) is 118 cm³/mol. The number of Topliss-reactive ketones (excluding diaryl/α,β-unsaturated/α-hetero) is 1. The highest BCUT2D eigenvalue weighted by atomic mass is 35.5. The molecule has 31 heavy (non-hydrogen) atoms. The van der Waals surface area contributed by atoms with Crippen molar-refractivity contribution in [3.8, 4) is 6.07 Å². The van der Waals surface area contributed by atoms with Crippen molar-refractivity contribution < 1.29 is 14.4 Å². The number of carbonyl (C=O) groups excluding carboxylic acids is 3. The summed E-state index contributed by atoms with van der Waals surface area (Å²) in [6.07, 6.45) is 1.49. The molecule has 1 saturated heterocycles. The molecule has 0 spiro atoms. The van der Waals surface area contributed by atoms with Crippen LogP contribution in [-0.4, -0.2) is 35.2 Å². The fourth-order valence-corrected chi connectivity index (χ4v) is 4.21. The van der Waals surface area contributed by atoms with E-state index in [1.165, 1.54) is 0 Å². The van der Waals surface area contributed by atoms with Crippen molar-refractivity contribution in [2.45, 2.75) is 45.6 Å². The number of H-pyrrole nitrogens is 1. The number of carbonyl (C=O) groups is 3. The van der Waals surface area contributed by atoms with E-state index in [0.29, 0.717) is 30.1 Å². The molecule has 3 rings (SSSR count). The zero-order valence-electron chi connectivity index (χ0n) is 17.7. The minimum atomic E-state index is -0.763. The summed E-state index contributed by atoms with van der Waals surface area (Å²) < 4.78 is 0. The Morgan fingerprint density at radius 3 is 2.74 bits per heavy atom. The Bertz CT molecular complexity index is 1020. The van der Waals surface area contributed by atoms with Crippen molar-refractivity contribution in [1.29, 1.82) is 5.26 Å². The van der Waals surface area contributed by atoms with Gasteiger partial charge < -0.3 is 15.6 Å². The quantitative estimate of drug-likeness (QED) is 0.514. The fourth-order valence-electron chi connectivity index (χ4n) is 4.03. The lowest BCUT2D eigenvalue weighted by molar-refractivity contribution is -0.127. The third-order valence-electron chi connectivity index (χ3n) is 5.60. The highest BCUT2D eigenvalue weighted by molar-refractivity contribution is 6.31. The summed E-state index contributed by atoms with van der Waals surface area (Å²) in [5.41, 5.74) is 1.23. The summed E-state index contributed by atoms with van der Waals surface area (Å²) >= 11 is 6.02. The van der Waals surface area contributed by atoms with E-state index >= 15 is 0 Å². The molecule has 1 aliphatic heterocycles. The molecule has 0 unspecified atom stereocenters. The Morgan fingerprint density at radius 2 is 2.10 bits per heavy atom. The molecule has 8 heteroatoms. The van der Waals surface area contributed by atoms with Crippen molar-refractivity contribution >= 4 is 40.1 Å². The first-order valence-electron chi connectivity index (χ1n) is 10.6. The van der Waals surface area contributed by atoms with E-state index in [9.17, 15) is 19.6 Å². The lowest BCUT2D eigenvalue weighted by Crippen LogP contribution is -2.41. The van der Waals surface area contributed by atoms with Crippen LogP contribution < -0.4 is 10.6 Å². The lowest BCUT2D eigenvalue weighted by Gasteiger charge is -2.21. The average Bonchev–Trinajstić information content (AvgIpc) is 3.32. The topological polar surface area (TPSA) is 115 Å². The molecular weight excluding hydrogens is 416 g/mol. The first kappa shape index (κ1) is 22.8. The van der Waals surface area contributed by atoms with Gasteiger partial charge in [0.25, 0.3) is 0 Å². The molecule has 0 aliphatic carbocycles. The number of nitriles is 1. The summed E-state index contributed by atoms with van der Waals surface area (Å²) in [4.78, 5) is 40.7. The number of benzene rings is 1. The molecule has 2 heterocycles. The van der Waals surface area contributed by atoms with Crippen molar-refractivity contribution in [3.63, 3.8) is 0 Å². The van der Waals surface area contributed by atoms with Crippen LogP contribution in [0.25, 0.3) is 10.9 Å². The Balaban J connectivity index is 1.69. The third-order valence-corrected chi connectivity index (χ3v) is 5.83. The Kier molecular flexibility index (Phi) is 7.34. The van der Waals surface area contributed by atoms with Gasteiger partial charge >= 0.3 is 0 Å². The van der Waals surface area contributed by atoms with Crippen LogP contribution in [0.1, 0.15) is 50.0 Å². The number of rotatable bonds is 9.